The Hall–Kier alpha value is -1.56. The van der Waals surface area contributed by atoms with Gasteiger partial charge in [0.25, 0.3) is 0 Å². The maximum absolute atomic E-state index is 3.79. The van der Waals surface area contributed by atoms with Crippen molar-refractivity contribution in [2.45, 2.75) is 26.7 Å². The molecule has 0 aliphatic heterocycles. The van der Waals surface area contributed by atoms with Crippen LogP contribution in [0.4, 0.5) is 0 Å². The summed E-state index contributed by atoms with van der Waals surface area (Å²) in [6, 6.07) is 0. The smallest absolute Gasteiger partial charge is 0.0313 e. The fourth-order valence-corrected chi connectivity index (χ4v) is 0.980. The first kappa shape index (κ1) is 14.4. The first-order valence-electron chi connectivity index (χ1n) is 5.64. The molecule has 0 fully saturated rings. The van der Waals surface area contributed by atoms with E-state index in [1.54, 1.807) is 6.08 Å². The van der Waals surface area contributed by atoms with Crippen LogP contribution in [0.1, 0.15) is 26.7 Å². The Balaban J connectivity index is 3.71. The van der Waals surface area contributed by atoms with Crippen LogP contribution in [-0.4, -0.2) is 0 Å². The van der Waals surface area contributed by atoms with Gasteiger partial charge in [-0.2, -0.15) is 0 Å². The molecule has 0 heterocycles. The number of unbranched alkanes of at least 4 members (excludes halogenated alkanes) is 1. The van der Waals surface area contributed by atoms with Crippen molar-refractivity contribution < 1.29 is 0 Å². The van der Waals surface area contributed by atoms with Crippen LogP contribution in [0, 0.1) is 0 Å². The third-order valence-electron chi connectivity index (χ3n) is 2.16. The van der Waals surface area contributed by atoms with Crippen molar-refractivity contribution in [1.29, 1.82) is 0 Å². The second-order valence-corrected chi connectivity index (χ2v) is 3.58. The summed E-state index contributed by atoms with van der Waals surface area (Å²) in [7, 11) is 0. The Morgan fingerprint density at radius 3 is 2.38 bits per heavy atom. The first-order valence-corrected chi connectivity index (χ1v) is 5.64. The molecule has 0 heteroatoms. The summed E-state index contributed by atoms with van der Waals surface area (Å²) in [5.41, 5.74) is 2.25. The van der Waals surface area contributed by atoms with Gasteiger partial charge in [-0.15, -0.1) is 0 Å². The molecular formula is C16H22. The lowest BCUT2D eigenvalue weighted by atomic mass is 10.2. The molecule has 0 unspecified atom stereocenters. The van der Waals surface area contributed by atoms with Crippen LogP contribution in [-0.2, 0) is 0 Å². The Morgan fingerprint density at radius 1 is 1.06 bits per heavy atom. The molecule has 0 aliphatic rings. The predicted octanol–water partition coefficient (Wildman–Crippen LogP) is 5.14. The van der Waals surface area contributed by atoms with E-state index >= 15 is 0 Å². The molecule has 0 bridgehead atoms. The topological polar surface area (TPSA) is 0 Å². The molecule has 0 aliphatic carbocycles. The molecule has 0 saturated heterocycles. The summed E-state index contributed by atoms with van der Waals surface area (Å²) in [5.74, 6) is 0. The Kier molecular flexibility index (Phi) is 9.00. The van der Waals surface area contributed by atoms with E-state index in [0.29, 0.717) is 0 Å². The average Bonchev–Trinajstić information content (AvgIpc) is 2.31. The van der Waals surface area contributed by atoms with Gasteiger partial charge in [-0.1, -0.05) is 67.3 Å². The van der Waals surface area contributed by atoms with E-state index in [1.165, 1.54) is 5.57 Å². The molecule has 0 amide bonds. The lowest BCUT2D eigenvalue weighted by molar-refractivity contribution is 1.05. The van der Waals surface area contributed by atoms with Crippen molar-refractivity contribution in [2.24, 2.45) is 0 Å². The summed E-state index contributed by atoms with van der Waals surface area (Å²) in [5, 5.41) is 0. The Morgan fingerprint density at radius 2 is 1.75 bits per heavy atom. The summed E-state index contributed by atoms with van der Waals surface area (Å²) in [6.45, 7) is 11.6. The molecule has 0 spiro atoms. The molecule has 0 aromatic carbocycles. The van der Waals surface area contributed by atoms with Gasteiger partial charge in [0.05, 0.1) is 0 Å². The minimum absolute atomic E-state index is 0.938. The molecule has 0 rings (SSSR count). The maximum atomic E-state index is 3.79. The fraction of sp³-hybridized carbons (Fsp3) is 0.250. The van der Waals surface area contributed by atoms with Crippen molar-refractivity contribution in [2.75, 3.05) is 0 Å². The minimum Gasteiger partial charge on any atom is -0.0985 e. The molecule has 0 aromatic heterocycles. The van der Waals surface area contributed by atoms with E-state index in [0.717, 1.165) is 18.4 Å². The first-order chi connectivity index (χ1) is 7.70. The molecular weight excluding hydrogens is 192 g/mol. The highest BCUT2D eigenvalue weighted by Gasteiger charge is 1.78. The van der Waals surface area contributed by atoms with E-state index in [1.807, 2.05) is 18.2 Å². The van der Waals surface area contributed by atoms with Crippen molar-refractivity contribution >= 4 is 0 Å². The van der Waals surface area contributed by atoms with E-state index in [4.69, 9.17) is 0 Å². The number of hydrogen-bond acceptors (Lipinski definition) is 0. The van der Waals surface area contributed by atoms with Crippen LogP contribution >= 0.6 is 0 Å². The quantitative estimate of drug-likeness (QED) is 0.406. The van der Waals surface area contributed by atoms with Crippen LogP contribution < -0.4 is 0 Å². The fourth-order valence-electron chi connectivity index (χ4n) is 0.980. The third kappa shape index (κ3) is 9.01. The summed E-state index contributed by atoms with van der Waals surface area (Å²) in [6.07, 6.45) is 18.5. The van der Waals surface area contributed by atoms with Gasteiger partial charge in [-0.3, -0.25) is 0 Å². The molecule has 86 valence electrons. The molecule has 0 aromatic rings. The van der Waals surface area contributed by atoms with Crippen LogP contribution in [0.5, 0.6) is 0 Å². The SMILES string of the molecule is C=CC(=C)/C=C\C=C\CC/C=C\C(C)=C/C. The second kappa shape index (κ2) is 9.97. The summed E-state index contributed by atoms with van der Waals surface area (Å²) < 4.78 is 0. The molecule has 0 nitrogen and oxygen atoms in total. The van der Waals surface area contributed by atoms with Crippen molar-refractivity contribution in [1.82, 2.24) is 0 Å². The monoisotopic (exact) mass is 214 g/mol. The van der Waals surface area contributed by atoms with E-state index in [-0.39, 0.29) is 0 Å². The number of hydrogen-bond donors (Lipinski definition) is 0. The average molecular weight is 214 g/mol. The van der Waals surface area contributed by atoms with Gasteiger partial charge >= 0.3 is 0 Å². The summed E-state index contributed by atoms with van der Waals surface area (Å²) in [4.78, 5) is 0. The van der Waals surface area contributed by atoms with Crippen LogP contribution in [0.3, 0.4) is 0 Å². The van der Waals surface area contributed by atoms with E-state index in [2.05, 4.69) is 51.3 Å². The zero-order valence-corrected chi connectivity index (χ0v) is 10.4. The highest BCUT2D eigenvalue weighted by molar-refractivity contribution is 5.27. The van der Waals surface area contributed by atoms with Gasteiger partial charge in [-0.25, -0.2) is 0 Å². The van der Waals surface area contributed by atoms with E-state index in [9.17, 15) is 0 Å². The zero-order valence-electron chi connectivity index (χ0n) is 10.4. The highest BCUT2D eigenvalue weighted by Crippen LogP contribution is 1.99. The molecule has 16 heavy (non-hydrogen) atoms. The molecule has 0 radical (unpaired) electrons. The van der Waals surface area contributed by atoms with Gasteiger partial charge in [-0.05, 0) is 32.3 Å². The normalized spacial score (nSPS) is 13.0. The lowest BCUT2D eigenvalue weighted by Gasteiger charge is -1.88. The number of allylic oxidation sites excluding steroid dienone is 10. The zero-order chi connectivity index (χ0) is 12.2. The lowest BCUT2D eigenvalue weighted by Crippen LogP contribution is -1.68. The predicted molar refractivity (Wildman–Crippen MR) is 75.4 cm³/mol. The van der Waals surface area contributed by atoms with Gasteiger partial charge < -0.3 is 0 Å². The van der Waals surface area contributed by atoms with Crippen LogP contribution in [0.2, 0.25) is 0 Å². The second-order valence-electron chi connectivity index (χ2n) is 3.58. The van der Waals surface area contributed by atoms with Gasteiger partial charge in [0.1, 0.15) is 0 Å². The van der Waals surface area contributed by atoms with Gasteiger partial charge in [0.2, 0.25) is 0 Å². The van der Waals surface area contributed by atoms with Crippen molar-refractivity contribution in [3.8, 4) is 0 Å². The molecule has 0 atom stereocenters. The Labute approximate surface area is 100 Å². The Bertz CT molecular complexity index is 322. The molecule has 0 saturated carbocycles. The van der Waals surface area contributed by atoms with Gasteiger partial charge in [0.15, 0.2) is 0 Å². The van der Waals surface area contributed by atoms with E-state index < -0.39 is 0 Å². The highest BCUT2D eigenvalue weighted by atomic mass is 13.9. The minimum atomic E-state index is 0.938. The third-order valence-corrected chi connectivity index (χ3v) is 2.16. The van der Waals surface area contributed by atoms with Crippen LogP contribution in [0.25, 0.3) is 0 Å². The standard InChI is InChI=1S/C16H22/c1-5-15(3)13-11-9-7-8-10-12-14-16(4)6-2/h5-7,9,11-14H,1,3,8,10H2,2,4H3/b9-7+,13-11-,14-12-,16-6-. The van der Waals surface area contributed by atoms with Crippen molar-refractivity contribution in [3.05, 3.63) is 72.9 Å². The number of rotatable bonds is 7. The molecule has 0 N–H and O–H groups in total. The largest absolute Gasteiger partial charge is 0.0985 e. The maximum Gasteiger partial charge on any atom is -0.0313 e. The van der Waals surface area contributed by atoms with Crippen LogP contribution in [0.15, 0.2) is 72.9 Å². The van der Waals surface area contributed by atoms with Crippen molar-refractivity contribution in [3.63, 3.8) is 0 Å². The van der Waals surface area contributed by atoms with Gasteiger partial charge in [0, 0.05) is 0 Å². The summed E-state index contributed by atoms with van der Waals surface area (Å²) >= 11 is 0.